The number of anilines is 2. The monoisotopic (exact) mass is 554 g/mol. The molecule has 0 amide bonds. The van der Waals surface area contributed by atoms with Gasteiger partial charge in [-0.05, 0) is 95.8 Å². The molecule has 2 heterocycles. The molecule has 2 aliphatic rings. The van der Waals surface area contributed by atoms with Crippen LogP contribution in [0.3, 0.4) is 0 Å². The van der Waals surface area contributed by atoms with Crippen LogP contribution in [0.1, 0.15) is 97.8 Å². The van der Waals surface area contributed by atoms with Crippen molar-refractivity contribution in [3.05, 3.63) is 102 Å². The average molecular weight is 555 g/mol. The number of para-hydroxylation sites is 1. The van der Waals surface area contributed by atoms with Gasteiger partial charge >= 0.3 is 0 Å². The summed E-state index contributed by atoms with van der Waals surface area (Å²) in [6.07, 6.45) is 5.05. The van der Waals surface area contributed by atoms with Crippen LogP contribution >= 0.6 is 0 Å². The normalized spacial score (nSPS) is 22.5. The van der Waals surface area contributed by atoms with Gasteiger partial charge in [0.1, 0.15) is 0 Å². The highest BCUT2D eigenvalue weighted by Crippen LogP contribution is 2.60. The van der Waals surface area contributed by atoms with Gasteiger partial charge in [-0.3, -0.25) is 0 Å². The van der Waals surface area contributed by atoms with Gasteiger partial charge in [0.15, 0.2) is 0 Å². The van der Waals surface area contributed by atoms with E-state index >= 15 is 0 Å². The Bertz CT molecular complexity index is 1770. The number of rotatable bonds is 2. The minimum absolute atomic E-state index is 0.0532. The summed E-state index contributed by atoms with van der Waals surface area (Å²) in [6.45, 7) is 18.9. The fourth-order valence-electron chi connectivity index (χ4n) is 8.11. The first-order valence-electron chi connectivity index (χ1n) is 15.9. The molecule has 0 N–H and O–H groups in total. The van der Waals surface area contributed by atoms with Crippen molar-refractivity contribution in [3.8, 4) is 5.69 Å². The molecule has 216 valence electrons. The largest absolute Gasteiger partial charge is 0.334 e. The quantitative estimate of drug-likeness (QED) is 0.211. The molecule has 2 atom stereocenters. The average Bonchev–Trinajstić information content (AvgIpc) is 3.38. The lowest BCUT2D eigenvalue weighted by molar-refractivity contribution is 0.195. The van der Waals surface area contributed by atoms with Gasteiger partial charge in [0.05, 0.1) is 16.6 Å². The molecule has 1 saturated carbocycles. The van der Waals surface area contributed by atoms with Crippen molar-refractivity contribution in [3.63, 3.8) is 0 Å². The second kappa shape index (κ2) is 8.99. The Morgan fingerprint density at radius 1 is 0.595 bits per heavy atom. The maximum Gasteiger partial charge on any atom is 0.0541 e. The van der Waals surface area contributed by atoms with Crippen LogP contribution in [0, 0.1) is 0 Å². The van der Waals surface area contributed by atoms with E-state index in [1.807, 2.05) is 0 Å². The molecule has 1 fully saturated rings. The third-order valence-electron chi connectivity index (χ3n) is 10.9. The Kier molecular flexibility index (Phi) is 5.85. The van der Waals surface area contributed by atoms with Crippen LogP contribution < -0.4 is 4.90 Å². The molecule has 1 aliphatic carbocycles. The van der Waals surface area contributed by atoms with E-state index < -0.39 is 0 Å². The Balaban J connectivity index is 1.46. The molecule has 4 aromatic carbocycles. The van der Waals surface area contributed by atoms with Crippen molar-refractivity contribution in [1.29, 1.82) is 0 Å². The Labute approximate surface area is 252 Å². The first-order valence-corrected chi connectivity index (χ1v) is 15.9. The van der Waals surface area contributed by atoms with Gasteiger partial charge in [0, 0.05) is 33.2 Å². The third-order valence-corrected chi connectivity index (χ3v) is 10.9. The molecule has 0 bridgehead atoms. The number of benzene rings is 4. The number of nitrogens with zero attached hydrogens (tertiary/aromatic N) is 2. The molecular weight excluding hydrogens is 508 g/mol. The molecule has 7 rings (SSSR count). The standard InChI is InChI=1S/C40H46N2/c1-37(2,3)27-18-20-34-31(24-27)32-25-28(38(4,5)6)19-21-35(32)41(34)29-14-13-15-30(26-29)42-36-17-10-9-16-33(36)39(7)22-11-12-23-40(39,42)8/h9-10,13-21,24-26H,11-12,22-23H2,1-8H3. The fraction of sp³-hybridized carbons (Fsp3) is 0.400. The van der Waals surface area contributed by atoms with Crippen LogP contribution in [0.2, 0.25) is 0 Å². The van der Waals surface area contributed by atoms with E-state index in [4.69, 9.17) is 0 Å². The minimum atomic E-state index is 0.0532. The Morgan fingerprint density at radius 3 is 1.79 bits per heavy atom. The zero-order valence-electron chi connectivity index (χ0n) is 26.8. The summed E-state index contributed by atoms with van der Waals surface area (Å²) >= 11 is 0. The lowest BCUT2D eigenvalue weighted by atomic mass is 9.61. The summed E-state index contributed by atoms with van der Waals surface area (Å²) in [7, 11) is 0. The maximum atomic E-state index is 2.69. The van der Waals surface area contributed by atoms with Gasteiger partial charge in [-0.1, -0.05) is 97.7 Å². The fourth-order valence-corrected chi connectivity index (χ4v) is 8.11. The predicted octanol–water partition coefficient (Wildman–Crippen LogP) is 11.1. The molecule has 42 heavy (non-hydrogen) atoms. The van der Waals surface area contributed by atoms with Crippen molar-refractivity contribution in [2.24, 2.45) is 0 Å². The van der Waals surface area contributed by atoms with Crippen LogP contribution in [-0.2, 0) is 16.2 Å². The zero-order chi connectivity index (χ0) is 29.7. The molecule has 0 radical (unpaired) electrons. The van der Waals surface area contributed by atoms with Crippen molar-refractivity contribution >= 4 is 33.2 Å². The molecule has 1 aromatic heterocycles. The minimum Gasteiger partial charge on any atom is -0.334 e. The third kappa shape index (κ3) is 3.83. The number of hydrogen-bond donors (Lipinski definition) is 0. The van der Waals surface area contributed by atoms with Crippen LogP contribution in [0.5, 0.6) is 0 Å². The van der Waals surface area contributed by atoms with Crippen LogP contribution in [-0.4, -0.2) is 10.1 Å². The van der Waals surface area contributed by atoms with Crippen LogP contribution in [0.15, 0.2) is 84.9 Å². The highest BCUT2D eigenvalue weighted by Gasteiger charge is 2.57. The van der Waals surface area contributed by atoms with Crippen molar-refractivity contribution in [2.75, 3.05) is 4.90 Å². The highest BCUT2D eigenvalue weighted by molar-refractivity contribution is 6.10. The summed E-state index contributed by atoms with van der Waals surface area (Å²) in [5.41, 5.74) is 11.1. The number of hydrogen-bond acceptors (Lipinski definition) is 1. The molecular formula is C40H46N2. The lowest BCUT2D eigenvalue weighted by Gasteiger charge is -2.50. The lowest BCUT2D eigenvalue weighted by Crippen LogP contribution is -2.54. The SMILES string of the molecule is CC(C)(C)c1ccc2c(c1)c1cc(C(C)(C)C)ccc1n2-c1cccc(N2c3ccccc3C3(C)CCCCC23C)c1. The molecule has 0 saturated heterocycles. The van der Waals surface area contributed by atoms with E-state index in [1.54, 1.807) is 0 Å². The van der Waals surface area contributed by atoms with Gasteiger partial charge in [0.2, 0.25) is 0 Å². The van der Waals surface area contributed by atoms with E-state index in [9.17, 15) is 0 Å². The number of aromatic nitrogens is 1. The smallest absolute Gasteiger partial charge is 0.0541 e. The summed E-state index contributed by atoms with van der Waals surface area (Å²) in [5, 5.41) is 2.68. The maximum absolute atomic E-state index is 2.69. The Morgan fingerprint density at radius 2 is 1.17 bits per heavy atom. The van der Waals surface area contributed by atoms with E-state index in [-0.39, 0.29) is 21.8 Å². The topological polar surface area (TPSA) is 8.17 Å². The van der Waals surface area contributed by atoms with Gasteiger partial charge < -0.3 is 9.47 Å². The molecule has 5 aromatic rings. The second-order valence-electron chi connectivity index (χ2n) is 15.5. The summed E-state index contributed by atoms with van der Waals surface area (Å²) in [4.78, 5) is 2.69. The van der Waals surface area contributed by atoms with Crippen LogP contribution in [0.25, 0.3) is 27.5 Å². The molecule has 1 aliphatic heterocycles. The molecule has 2 heteroatoms. The van der Waals surface area contributed by atoms with Gasteiger partial charge in [-0.15, -0.1) is 0 Å². The van der Waals surface area contributed by atoms with E-state index in [0.29, 0.717) is 0 Å². The van der Waals surface area contributed by atoms with Crippen molar-refractivity contribution in [2.45, 2.75) is 103 Å². The number of fused-ring (bicyclic) bond motifs is 6. The molecule has 0 spiro atoms. The summed E-state index contributed by atoms with van der Waals surface area (Å²) in [5.74, 6) is 0. The first-order chi connectivity index (χ1) is 19.8. The van der Waals surface area contributed by atoms with E-state index in [1.165, 1.54) is 81.2 Å². The second-order valence-corrected chi connectivity index (χ2v) is 15.5. The van der Waals surface area contributed by atoms with E-state index in [0.717, 1.165) is 0 Å². The predicted molar refractivity (Wildman–Crippen MR) is 181 cm³/mol. The first kappa shape index (κ1) is 27.3. The molecule has 2 unspecified atom stereocenters. The summed E-state index contributed by atoms with van der Waals surface area (Å²) < 4.78 is 2.50. The van der Waals surface area contributed by atoms with Gasteiger partial charge in [0.25, 0.3) is 0 Å². The molecule has 2 nitrogen and oxygen atoms in total. The van der Waals surface area contributed by atoms with Gasteiger partial charge in [-0.2, -0.15) is 0 Å². The van der Waals surface area contributed by atoms with Crippen molar-refractivity contribution in [1.82, 2.24) is 4.57 Å². The summed E-state index contributed by atoms with van der Waals surface area (Å²) in [6, 6.07) is 32.7. The zero-order valence-corrected chi connectivity index (χ0v) is 26.8. The highest BCUT2D eigenvalue weighted by atomic mass is 15.3. The van der Waals surface area contributed by atoms with Crippen LogP contribution in [0.4, 0.5) is 11.4 Å². The van der Waals surface area contributed by atoms with E-state index in [2.05, 4.69) is 150 Å². The van der Waals surface area contributed by atoms with Gasteiger partial charge in [-0.25, -0.2) is 0 Å². The Hall–Kier alpha value is -3.52. The van der Waals surface area contributed by atoms with Crippen molar-refractivity contribution < 1.29 is 0 Å².